The highest BCUT2D eigenvalue weighted by molar-refractivity contribution is 7.86. The highest BCUT2D eigenvalue weighted by Gasteiger charge is 2.31. The number of aromatic nitrogens is 2. The van der Waals surface area contributed by atoms with E-state index >= 15 is 0 Å². The summed E-state index contributed by atoms with van der Waals surface area (Å²) < 4.78 is 46.2. The van der Waals surface area contributed by atoms with Crippen LogP contribution in [0.4, 0.5) is 4.39 Å². The zero-order chi connectivity index (χ0) is 18.7. The topological polar surface area (TPSA) is 75.6 Å². The standard InChI is InChI=1S/C17H21FN4O3S/c1-21(2)26(23,24)22-8-4-5-13(12-22)16-10-19-11-17(20-16)25-15-7-3-6-14(18)9-15/h3,6-7,9-11,13H,4-5,8,12H2,1-2H3. The third-order valence-electron chi connectivity index (χ3n) is 4.24. The Labute approximate surface area is 152 Å². The summed E-state index contributed by atoms with van der Waals surface area (Å²) in [4.78, 5) is 8.58. The van der Waals surface area contributed by atoms with Gasteiger partial charge in [-0.15, -0.1) is 0 Å². The van der Waals surface area contributed by atoms with Gasteiger partial charge in [-0.1, -0.05) is 6.07 Å². The lowest BCUT2D eigenvalue weighted by molar-refractivity contribution is 0.294. The average Bonchev–Trinajstić information content (AvgIpc) is 2.62. The first kappa shape index (κ1) is 18.7. The molecule has 0 radical (unpaired) electrons. The molecular weight excluding hydrogens is 359 g/mol. The summed E-state index contributed by atoms with van der Waals surface area (Å²) in [5.74, 6) is 0.114. The van der Waals surface area contributed by atoms with Crippen molar-refractivity contribution in [3.63, 3.8) is 0 Å². The van der Waals surface area contributed by atoms with Crippen molar-refractivity contribution in [2.24, 2.45) is 0 Å². The molecule has 0 aliphatic carbocycles. The fourth-order valence-corrected chi connectivity index (χ4v) is 4.07. The maximum absolute atomic E-state index is 13.3. The first-order valence-corrected chi connectivity index (χ1v) is 9.69. The molecule has 3 rings (SSSR count). The second kappa shape index (κ2) is 7.65. The van der Waals surface area contributed by atoms with E-state index in [1.165, 1.54) is 41.0 Å². The zero-order valence-corrected chi connectivity index (χ0v) is 15.5. The van der Waals surface area contributed by atoms with Crippen LogP contribution in [0.3, 0.4) is 0 Å². The minimum absolute atomic E-state index is 0.0676. The second-order valence-electron chi connectivity index (χ2n) is 6.33. The minimum Gasteiger partial charge on any atom is -0.437 e. The molecule has 1 atom stereocenters. The molecule has 1 aliphatic heterocycles. The van der Waals surface area contributed by atoms with Gasteiger partial charge in [-0.3, -0.25) is 4.98 Å². The Kier molecular flexibility index (Phi) is 5.49. The van der Waals surface area contributed by atoms with Crippen LogP contribution in [0.15, 0.2) is 36.7 Å². The van der Waals surface area contributed by atoms with Crippen LogP contribution in [0.2, 0.25) is 0 Å². The van der Waals surface area contributed by atoms with Crippen LogP contribution in [-0.2, 0) is 10.2 Å². The molecule has 1 aliphatic rings. The number of nitrogens with zero attached hydrogens (tertiary/aromatic N) is 4. The summed E-state index contributed by atoms with van der Waals surface area (Å²) in [7, 11) is -0.419. The lowest BCUT2D eigenvalue weighted by atomic mass is 9.96. The quantitative estimate of drug-likeness (QED) is 0.796. The van der Waals surface area contributed by atoms with Gasteiger partial charge in [0.25, 0.3) is 10.2 Å². The van der Waals surface area contributed by atoms with Crippen molar-refractivity contribution >= 4 is 10.2 Å². The maximum atomic E-state index is 13.3. The third kappa shape index (κ3) is 4.17. The molecule has 0 N–H and O–H groups in total. The van der Waals surface area contributed by atoms with Crippen LogP contribution in [0.1, 0.15) is 24.5 Å². The summed E-state index contributed by atoms with van der Waals surface area (Å²) in [5, 5.41) is 0. The Hall–Kier alpha value is -2.10. The van der Waals surface area contributed by atoms with Crippen LogP contribution in [0, 0.1) is 5.82 Å². The monoisotopic (exact) mass is 380 g/mol. The van der Waals surface area contributed by atoms with Gasteiger partial charge in [0, 0.05) is 45.4 Å². The minimum atomic E-state index is -3.46. The molecule has 1 unspecified atom stereocenters. The van der Waals surface area contributed by atoms with E-state index in [4.69, 9.17) is 4.74 Å². The number of hydrogen-bond acceptors (Lipinski definition) is 5. The van der Waals surface area contributed by atoms with Crippen LogP contribution in [-0.4, -0.2) is 54.2 Å². The summed E-state index contributed by atoms with van der Waals surface area (Å²) in [5.41, 5.74) is 0.664. The van der Waals surface area contributed by atoms with Gasteiger partial charge in [0.1, 0.15) is 11.6 Å². The molecule has 0 bridgehead atoms. The molecule has 1 aromatic carbocycles. The van der Waals surface area contributed by atoms with Crippen molar-refractivity contribution < 1.29 is 17.5 Å². The van der Waals surface area contributed by atoms with Crippen molar-refractivity contribution in [1.29, 1.82) is 0 Å². The summed E-state index contributed by atoms with van der Waals surface area (Å²) in [6, 6.07) is 5.77. The number of piperidine rings is 1. The third-order valence-corrected chi connectivity index (χ3v) is 6.15. The number of benzene rings is 1. The fourth-order valence-electron chi connectivity index (χ4n) is 2.88. The smallest absolute Gasteiger partial charge is 0.281 e. The summed E-state index contributed by atoms with van der Waals surface area (Å²) in [6.45, 7) is 0.836. The fraction of sp³-hybridized carbons (Fsp3) is 0.412. The van der Waals surface area contributed by atoms with Gasteiger partial charge >= 0.3 is 0 Å². The second-order valence-corrected chi connectivity index (χ2v) is 8.47. The number of hydrogen-bond donors (Lipinski definition) is 0. The van der Waals surface area contributed by atoms with Crippen LogP contribution >= 0.6 is 0 Å². The predicted octanol–water partition coefficient (Wildman–Crippen LogP) is 2.39. The van der Waals surface area contributed by atoms with Crippen LogP contribution in [0.5, 0.6) is 11.6 Å². The molecule has 0 amide bonds. The van der Waals surface area contributed by atoms with E-state index in [1.54, 1.807) is 18.3 Å². The predicted molar refractivity (Wildman–Crippen MR) is 94.7 cm³/mol. The highest BCUT2D eigenvalue weighted by Crippen LogP contribution is 2.29. The van der Waals surface area contributed by atoms with Crippen LogP contribution < -0.4 is 4.74 Å². The lowest BCUT2D eigenvalue weighted by Gasteiger charge is -2.33. The molecule has 9 heteroatoms. The Morgan fingerprint density at radius 1 is 1.31 bits per heavy atom. The van der Waals surface area contributed by atoms with E-state index in [1.807, 2.05) is 0 Å². The van der Waals surface area contributed by atoms with Crippen molar-refractivity contribution in [3.8, 4) is 11.6 Å². The molecule has 7 nitrogen and oxygen atoms in total. The Balaban J connectivity index is 1.77. The van der Waals surface area contributed by atoms with Gasteiger partial charge in [0.05, 0.1) is 11.9 Å². The normalized spacial score (nSPS) is 18.8. The van der Waals surface area contributed by atoms with E-state index in [9.17, 15) is 12.8 Å². The molecule has 0 saturated carbocycles. The van der Waals surface area contributed by atoms with Crippen LogP contribution in [0.25, 0.3) is 0 Å². The van der Waals surface area contributed by atoms with E-state index in [2.05, 4.69) is 9.97 Å². The summed E-state index contributed by atoms with van der Waals surface area (Å²) >= 11 is 0. The van der Waals surface area contributed by atoms with E-state index < -0.39 is 16.0 Å². The van der Waals surface area contributed by atoms with E-state index in [0.717, 1.165) is 12.8 Å². The first-order chi connectivity index (χ1) is 12.4. The van der Waals surface area contributed by atoms with E-state index in [-0.39, 0.29) is 11.8 Å². The molecule has 26 heavy (non-hydrogen) atoms. The van der Waals surface area contributed by atoms with E-state index in [0.29, 0.717) is 24.5 Å². The van der Waals surface area contributed by atoms with Gasteiger partial charge in [0.2, 0.25) is 5.88 Å². The summed E-state index contributed by atoms with van der Waals surface area (Å²) in [6.07, 6.45) is 4.63. The molecule has 2 aromatic rings. The SMILES string of the molecule is CN(C)S(=O)(=O)N1CCCC(c2cncc(Oc3cccc(F)c3)n2)C1. The Bertz CT molecular complexity index is 876. The number of halogens is 1. The number of rotatable bonds is 5. The molecule has 1 aromatic heterocycles. The van der Waals surface area contributed by atoms with Gasteiger partial charge < -0.3 is 4.74 Å². The molecule has 140 valence electrons. The number of ether oxygens (including phenoxy) is 1. The van der Waals surface area contributed by atoms with Gasteiger partial charge in [-0.05, 0) is 25.0 Å². The maximum Gasteiger partial charge on any atom is 0.281 e. The highest BCUT2D eigenvalue weighted by atomic mass is 32.2. The Morgan fingerprint density at radius 2 is 2.12 bits per heavy atom. The average molecular weight is 380 g/mol. The first-order valence-electron chi connectivity index (χ1n) is 8.29. The molecule has 1 saturated heterocycles. The van der Waals surface area contributed by atoms with Crippen molar-refractivity contribution in [1.82, 2.24) is 18.6 Å². The molecular formula is C17H21FN4O3S. The van der Waals surface area contributed by atoms with Crippen molar-refractivity contribution in [3.05, 3.63) is 48.2 Å². The zero-order valence-electron chi connectivity index (χ0n) is 14.7. The van der Waals surface area contributed by atoms with Crippen molar-refractivity contribution in [2.45, 2.75) is 18.8 Å². The van der Waals surface area contributed by atoms with Gasteiger partial charge in [-0.25, -0.2) is 9.37 Å². The largest absolute Gasteiger partial charge is 0.437 e. The molecule has 0 spiro atoms. The lowest BCUT2D eigenvalue weighted by Crippen LogP contribution is -2.45. The van der Waals surface area contributed by atoms with Crippen molar-refractivity contribution in [2.75, 3.05) is 27.2 Å². The molecule has 1 fully saturated rings. The van der Waals surface area contributed by atoms with Gasteiger partial charge in [0.15, 0.2) is 0 Å². The molecule has 2 heterocycles. The Morgan fingerprint density at radius 3 is 2.85 bits per heavy atom. The van der Waals surface area contributed by atoms with Gasteiger partial charge in [-0.2, -0.15) is 17.0 Å².